The number of carbonyl (C=O) groups is 3. The number of nitrogens with zero attached hydrogens (tertiary/aromatic N) is 1. The molecule has 4 bridgehead atoms. The van der Waals surface area contributed by atoms with Gasteiger partial charge in [0.2, 0.25) is 17.7 Å². The molecule has 3 amide bonds. The Morgan fingerprint density at radius 1 is 0.854 bits per heavy atom. The van der Waals surface area contributed by atoms with Crippen molar-refractivity contribution < 1.29 is 14.4 Å². The van der Waals surface area contributed by atoms with Gasteiger partial charge in [-0.15, -0.1) is 0 Å². The molecule has 0 unspecified atom stereocenters. The number of amides is 3. The minimum atomic E-state index is -0.657. The van der Waals surface area contributed by atoms with E-state index < -0.39 is 12.1 Å². The zero-order valence-electron chi connectivity index (χ0n) is 28.2. The minimum absolute atomic E-state index is 0.0109. The average Bonchev–Trinajstić information content (AvgIpc) is 3.06. The molecule has 3 aromatic rings. The third kappa shape index (κ3) is 8.63. The highest BCUT2D eigenvalue weighted by atomic mass is 16.2. The van der Waals surface area contributed by atoms with Crippen LogP contribution in [-0.4, -0.2) is 54.3 Å². The normalized spacial score (nSPS) is 23.8. The van der Waals surface area contributed by atoms with E-state index in [1.807, 2.05) is 54.6 Å². The second-order valence-corrected chi connectivity index (χ2v) is 15.1. The third-order valence-electron chi connectivity index (χ3n) is 11.2. The predicted octanol–water partition coefficient (Wildman–Crippen LogP) is 5.07. The Balaban J connectivity index is 1.19. The number of benzene rings is 3. The summed E-state index contributed by atoms with van der Waals surface area (Å²) in [5, 5.41) is 8.49. The first-order valence-corrected chi connectivity index (χ1v) is 18.1. The number of unbranched alkanes of at least 4 members (excludes halogenated alkanes) is 1. The average molecular weight is 652 g/mol. The molecular weight excluding hydrogens is 598 g/mol. The standard InChI is InChI=1S/C40H53N5O3/c41-16-7-6-15-36(42)39(48)44-34(20-28-9-2-1-3-10-28)26-45(38(47)24-40-21-29-17-30(22-40)19-31(18-29)23-40)27-37(46)43-25-33-13-8-12-32-11-4-5-14-35(32)33/h1-5,8-14,29-31,34,36H,6-7,15-27,41-42H2,(H,43,46)(H,44,48)/t29?,30?,31?,34-,36-,40?/m0/s1. The number of hydrogen-bond acceptors (Lipinski definition) is 5. The molecule has 0 aromatic heterocycles. The summed E-state index contributed by atoms with van der Waals surface area (Å²) in [6.45, 7) is 1.12. The Kier molecular flexibility index (Phi) is 11.1. The van der Waals surface area contributed by atoms with Crippen LogP contribution in [0, 0.1) is 23.2 Å². The van der Waals surface area contributed by atoms with Gasteiger partial charge in [-0.25, -0.2) is 0 Å². The Morgan fingerprint density at radius 3 is 2.23 bits per heavy atom. The lowest BCUT2D eigenvalue weighted by molar-refractivity contribution is -0.143. The van der Waals surface area contributed by atoms with Crippen LogP contribution in [0.2, 0.25) is 0 Å². The lowest BCUT2D eigenvalue weighted by Gasteiger charge is -2.57. The van der Waals surface area contributed by atoms with Crippen LogP contribution in [0.25, 0.3) is 10.8 Å². The van der Waals surface area contributed by atoms with Gasteiger partial charge in [-0.05, 0) is 109 Å². The molecule has 4 aliphatic rings. The van der Waals surface area contributed by atoms with E-state index in [9.17, 15) is 14.4 Å². The molecule has 4 fully saturated rings. The van der Waals surface area contributed by atoms with Gasteiger partial charge in [-0.3, -0.25) is 14.4 Å². The van der Waals surface area contributed by atoms with Crippen molar-refractivity contribution in [2.45, 2.75) is 89.3 Å². The molecule has 7 rings (SSSR count). The van der Waals surface area contributed by atoms with E-state index in [1.165, 1.54) is 19.3 Å². The fourth-order valence-corrected chi connectivity index (χ4v) is 9.34. The largest absolute Gasteiger partial charge is 0.350 e. The van der Waals surface area contributed by atoms with Crippen molar-refractivity contribution in [1.82, 2.24) is 15.5 Å². The van der Waals surface area contributed by atoms with Crippen LogP contribution in [0.5, 0.6) is 0 Å². The van der Waals surface area contributed by atoms with Crippen molar-refractivity contribution in [3.05, 3.63) is 83.9 Å². The molecule has 0 spiro atoms. The van der Waals surface area contributed by atoms with Gasteiger partial charge >= 0.3 is 0 Å². The maximum Gasteiger partial charge on any atom is 0.239 e. The van der Waals surface area contributed by atoms with Crippen LogP contribution in [0.1, 0.15) is 75.3 Å². The maximum absolute atomic E-state index is 14.4. The molecule has 0 aliphatic heterocycles. The number of fused-ring (bicyclic) bond motifs is 1. The molecular formula is C40H53N5O3. The fraction of sp³-hybridized carbons (Fsp3) is 0.525. The van der Waals surface area contributed by atoms with Crippen molar-refractivity contribution in [2.75, 3.05) is 19.6 Å². The summed E-state index contributed by atoms with van der Waals surface area (Å²) in [6.07, 6.45) is 10.4. The zero-order valence-corrected chi connectivity index (χ0v) is 28.2. The van der Waals surface area contributed by atoms with E-state index in [-0.39, 0.29) is 36.2 Å². The van der Waals surface area contributed by atoms with Crippen LogP contribution in [0.4, 0.5) is 0 Å². The summed E-state index contributed by atoms with van der Waals surface area (Å²) in [5.41, 5.74) is 14.1. The van der Waals surface area contributed by atoms with Gasteiger partial charge in [0.1, 0.15) is 0 Å². The van der Waals surface area contributed by atoms with Crippen molar-refractivity contribution in [3.8, 4) is 0 Å². The molecule has 0 saturated heterocycles. The minimum Gasteiger partial charge on any atom is -0.350 e. The zero-order chi connectivity index (χ0) is 33.5. The topological polar surface area (TPSA) is 131 Å². The van der Waals surface area contributed by atoms with Gasteiger partial charge < -0.3 is 27.0 Å². The van der Waals surface area contributed by atoms with E-state index in [1.54, 1.807) is 4.90 Å². The Bertz CT molecular complexity index is 1520. The van der Waals surface area contributed by atoms with Crippen molar-refractivity contribution >= 4 is 28.5 Å². The van der Waals surface area contributed by atoms with Crippen molar-refractivity contribution in [3.63, 3.8) is 0 Å². The van der Waals surface area contributed by atoms with E-state index in [0.717, 1.165) is 71.8 Å². The Labute approximate surface area is 285 Å². The van der Waals surface area contributed by atoms with Gasteiger partial charge in [0.15, 0.2) is 0 Å². The Morgan fingerprint density at radius 2 is 1.52 bits per heavy atom. The third-order valence-corrected chi connectivity index (χ3v) is 11.2. The van der Waals surface area contributed by atoms with Crippen LogP contribution < -0.4 is 22.1 Å². The molecule has 6 N–H and O–H groups in total. The van der Waals surface area contributed by atoms with Crippen LogP contribution in [0.15, 0.2) is 72.8 Å². The van der Waals surface area contributed by atoms with Crippen LogP contribution in [-0.2, 0) is 27.3 Å². The van der Waals surface area contributed by atoms with Gasteiger partial charge in [-0.2, -0.15) is 0 Å². The van der Waals surface area contributed by atoms with E-state index in [4.69, 9.17) is 11.5 Å². The molecule has 0 radical (unpaired) electrons. The summed E-state index contributed by atoms with van der Waals surface area (Å²) in [5.74, 6) is 1.76. The lowest BCUT2D eigenvalue weighted by atomic mass is 9.49. The molecule has 0 heterocycles. The molecule has 3 aromatic carbocycles. The number of hydrogen-bond donors (Lipinski definition) is 4. The smallest absolute Gasteiger partial charge is 0.239 e. The molecule has 8 heteroatoms. The summed E-state index contributed by atoms with van der Waals surface area (Å²) < 4.78 is 0. The summed E-state index contributed by atoms with van der Waals surface area (Å²) >= 11 is 0. The van der Waals surface area contributed by atoms with E-state index in [2.05, 4.69) is 28.8 Å². The van der Waals surface area contributed by atoms with Gasteiger partial charge in [0, 0.05) is 19.5 Å². The van der Waals surface area contributed by atoms with Gasteiger partial charge in [0.25, 0.3) is 0 Å². The second kappa shape index (κ2) is 15.6. The monoisotopic (exact) mass is 651 g/mol. The van der Waals surface area contributed by atoms with Crippen molar-refractivity contribution in [1.29, 1.82) is 0 Å². The predicted molar refractivity (Wildman–Crippen MR) is 191 cm³/mol. The number of nitrogens with one attached hydrogen (secondary N) is 2. The van der Waals surface area contributed by atoms with E-state index in [0.29, 0.717) is 32.4 Å². The SMILES string of the molecule is NCCCC[C@H](N)C(=O)N[C@@H](Cc1ccccc1)CN(CC(=O)NCc1cccc2ccccc12)C(=O)CC12CC3CC(CC(C3)C1)C2. The number of carbonyl (C=O) groups excluding carboxylic acids is 3. The fourth-order valence-electron chi connectivity index (χ4n) is 9.34. The number of rotatable bonds is 16. The summed E-state index contributed by atoms with van der Waals surface area (Å²) in [6, 6.07) is 23.2. The first-order valence-electron chi connectivity index (χ1n) is 18.1. The van der Waals surface area contributed by atoms with Gasteiger partial charge in [0.05, 0.1) is 18.6 Å². The molecule has 2 atom stereocenters. The second-order valence-electron chi connectivity index (χ2n) is 15.1. The van der Waals surface area contributed by atoms with Gasteiger partial charge in [-0.1, -0.05) is 79.2 Å². The molecule has 8 nitrogen and oxygen atoms in total. The molecule has 4 aliphatic carbocycles. The molecule has 4 saturated carbocycles. The summed E-state index contributed by atoms with van der Waals surface area (Å²) in [7, 11) is 0. The highest BCUT2D eigenvalue weighted by molar-refractivity contribution is 5.88. The summed E-state index contributed by atoms with van der Waals surface area (Å²) in [4.78, 5) is 43.1. The van der Waals surface area contributed by atoms with E-state index >= 15 is 0 Å². The first-order chi connectivity index (χ1) is 23.3. The highest BCUT2D eigenvalue weighted by Crippen LogP contribution is 2.61. The van der Waals surface area contributed by atoms with Crippen molar-refractivity contribution in [2.24, 2.45) is 34.6 Å². The van der Waals surface area contributed by atoms with Crippen LogP contribution >= 0.6 is 0 Å². The Hall–Kier alpha value is -3.75. The number of nitrogens with two attached hydrogens (primary N) is 2. The highest BCUT2D eigenvalue weighted by Gasteiger charge is 2.51. The quantitative estimate of drug-likeness (QED) is 0.161. The molecule has 256 valence electrons. The molecule has 48 heavy (non-hydrogen) atoms. The van der Waals surface area contributed by atoms with Crippen LogP contribution in [0.3, 0.4) is 0 Å². The lowest BCUT2D eigenvalue weighted by Crippen LogP contribution is -2.54. The first kappa shape index (κ1) is 34.1. The maximum atomic E-state index is 14.4.